The van der Waals surface area contributed by atoms with Gasteiger partial charge >= 0.3 is 5.69 Å². The molecule has 0 saturated heterocycles. The van der Waals surface area contributed by atoms with Crippen LogP contribution in [-0.4, -0.2) is 36.1 Å². The summed E-state index contributed by atoms with van der Waals surface area (Å²) in [5.74, 6) is 0.396. The number of aromatic nitrogens is 1. The first-order chi connectivity index (χ1) is 9.52. The summed E-state index contributed by atoms with van der Waals surface area (Å²) >= 11 is 5.80. The molecule has 0 amide bonds. The van der Waals surface area contributed by atoms with Crippen molar-refractivity contribution in [2.45, 2.75) is 37.8 Å². The largest absolute Gasteiger partial charge is 0.351 e. The molecule has 1 aliphatic carbocycles. The summed E-state index contributed by atoms with van der Waals surface area (Å²) in [6, 6.07) is 2.19. The normalized spacial score (nSPS) is 22.6. The lowest BCUT2D eigenvalue weighted by atomic mass is 9.90. The number of rotatable bonds is 4. The van der Waals surface area contributed by atoms with Gasteiger partial charge in [-0.25, -0.2) is 4.98 Å². The van der Waals surface area contributed by atoms with Crippen molar-refractivity contribution in [3.63, 3.8) is 0 Å². The van der Waals surface area contributed by atoms with Crippen molar-refractivity contribution in [2.75, 3.05) is 19.0 Å². The van der Waals surface area contributed by atoms with Crippen LogP contribution in [0.1, 0.15) is 25.7 Å². The van der Waals surface area contributed by atoms with Gasteiger partial charge in [-0.15, -0.1) is 0 Å². The maximum absolute atomic E-state index is 11.1. The Bertz CT molecular complexity index is 489. The molecule has 20 heavy (non-hydrogen) atoms. The van der Waals surface area contributed by atoms with Gasteiger partial charge in [0.25, 0.3) is 0 Å². The monoisotopic (exact) mass is 298 g/mol. The Morgan fingerprint density at radius 2 is 2.10 bits per heavy atom. The topological polar surface area (TPSA) is 71.3 Å². The van der Waals surface area contributed by atoms with E-state index in [1.165, 1.54) is 12.3 Å². The van der Waals surface area contributed by atoms with Crippen molar-refractivity contribution in [3.8, 4) is 0 Å². The van der Waals surface area contributed by atoms with E-state index in [-0.39, 0.29) is 16.8 Å². The maximum Gasteiger partial charge on any atom is 0.313 e. The molecule has 7 heteroatoms. The second-order valence-electron chi connectivity index (χ2n) is 5.16. The zero-order valence-electron chi connectivity index (χ0n) is 11.7. The molecular formula is C13H19ClN4O2. The van der Waals surface area contributed by atoms with Gasteiger partial charge in [-0.3, -0.25) is 10.1 Å². The minimum Gasteiger partial charge on any atom is -0.351 e. The predicted octanol–water partition coefficient (Wildman–Crippen LogP) is 2.61. The molecule has 6 nitrogen and oxygen atoms in total. The van der Waals surface area contributed by atoms with Crippen LogP contribution >= 0.6 is 11.6 Å². The lowest BCUT2D eigenvalue weighted by Gasteiger charge is -2.34. The molecule has 0 radical (unpaired) electrons. The smallest absolute Gasteiger partial charge is 0.313 e. The Morgan fingerprint density at radius 1 is 1.45 bits per heavy atom. The molecule has 2 rings (SSSR count). The average molecular weight is 299 g/mol. The number of hydrogen-bond acceptors (Lipinski definition) is 5. The van der Waals surface area contributed by atoms with E-state index in [1.807, 2.05) is 19.0 Å². The summed E-state index contributed by atoms with van der Waals surface area (Å²) in [5, 5.41) is 14.7. The van der Waals surface area contributed by atoms with E-state index in [9.17, 15) is 10.1 Å². The van der Waals surface area contributed by atoms with Gasteiger partial charge in [-0.2, -0.15) is 0 Å². The Kier molecular flexibility index (Phi) is 4.77. The van der Waals surface area contributed by atoms with Crippen molar-refractivity contribution in [2.24, 2.45) is 0 Å². The molecule has 1 aromatic heterocycles. The number of nitro groups is 1. The molecule has 0 unspecified atom stereocenters. The standard InChI is InChI=1S/C13H19ClN4O2/c1-15-10-3-5-11(6-4-10)17(2)13-12(18(19)20)7-9(14)8-16-13/h7-8,10-11,15H,3-6H2,1-2H3. The molecule has 1 saturated carbocycles. The van der Waals surface area contributed by atoms with Crippen LogP contribution in [0.2, 0.25) is 5.02 Å². The van der Waals surface area contributed by atoms with Crippen molar-refractivity contribution < 1.29 is 4.92 Å². The molecule has 1 fully saturated rings. The molecule has 110 valence electrons. The van der Waals surface area contributed by atoms with Crippen LogP contribution in [0, 0.1) is 10.1 Å². The quantitative estimate of drug-likeness (QED) is 0.683. The van der Waals surface area contributed by atoms with E-state index in [0.717, 1.165) is 25.7 Å². The van der Waals surface area contributed by atoms with E-state index in [2.05, 4.69) is 10.3 Å². The van der Waals surface area contributed by atoms with Gasteiger partial charge in [-0.1, -0.05) is 11.6 Å². The van der Waals surface area contributed by atoms with E-state index >= 15 is 0 Å². The van der Waals surface area contributed by atoms with Gasteiger partial charge in [0.2, 0.25) is 5.82 Å². The second kappa shape index (κ2) is 6.37. The molecular weight excluding hydrogens is 280 g/mol. The predicted molar refractivity (Wildman–Crippen MR) is 79.4 cm³/mol. The Morgan fingerprint density at radius 3 is 2.65 bits per heavy atom. The lowest BCUT2D eigenvalue weighted by molar-refractivity contribution is -0.384. The highest BCUT2D eigenvalue weighted by atomic mass is 35.5. The first kappa shape index (κ1) is 15.0. The number of halogens is 1. The van der Waals surface area contributed by atoms with Crippen LogP contribution in [0.3, 0.4) is 0 Å². The number of nitrogens with one attached hydrogen (secondary N) is 1. The third kappa shape index (κ3) is 3.19. The fourth-order valence-corrected chi connectivity index (χ4v) is 2.90. The summed E-state index contributed by atoms with van der Waals surface area (Å²) < 4.78 is 0. The van der Waals surface area contributed by atoms with Gasteiger partial charge in [0.15, 0.2) is 0 Å². The molecule has 0 bridgehead atoms. The van der Waals surface area contributed by atoms with Crippen LogP contribution in [-0.2, 0) is 0 Å². The van der Waals surface area contributed by atoms with Gasteiger partial charge in [0.1, 0.15) is 0 Å². The minimum atomic E-state index is -0.427. The third-order valence-electron chi connectivity index (χ3n) is 4.00. The van der Waals surface area contributed by atoms with Crippen LogP contribution in [0.5, 0.6) is 0 Å². The third-order valence-corrected chi connectivity index (χ3v) is 4.20. The van der Waals surface area contributed by atoms with Gasteiger partial charge < -0.3 is 10.2 Å². The average Bonchev–Trinajstić information content (AvgIpc) is 2.46. The number of nitrogens with zero attached hydrogens (tertiary/aromatic N) is 3. The van der Waals surface area contributed by atoms with Gasteiger partial charge in [0, 0.05) is 31.4 Å². The first-order valence-electron chi connectivity index (χ1n) is 6.73. The molecule has 0 aliphatic heterocycles. The van der Waals surface area contributed by atoms with Crippen molar-refractivity contribution >= 4 is 23.1 Å². The van der Waals surface area contributed by atoms with E-state index in [1.54, 1.807) is 0 Å². The molecule has 0 spiro atoms. The summed E-state index contributed by atoms with van der Waals surface area (Å²) in [4.78, 5) is 16.8. The molecule has 1 aromatic rings. The minimum absolute atomic E-state index is 0.0317. The Balaban J connectivity index is 2.17. The maximum atomic E-state index is 11.1. The first-order valence-corrected chi connectivity index (χ1v) is 7.10. The van der Waals surface area contributed by atoms with E-state index < -0.39 is 4.92 Å². The fourth-order valence-electron chi connectivity index (χ4n) is 2.75. The van der Waals surface area contributed by atoms with Crippen molar-refractivity contribution in [1.29, 1.82) is 0 Å². The van der Waals surface area contributed by atoms with Crippen molar-refractivity contribution in [1.82, 2.24) is 10.3 Å². The Hall–Kier alpha value is -1.40. The molecule has 0 aromatic carbocycles. The highest BCUT2D eigenvalue weighted by Crippen LogP contribution is 2.32. The highest BCUT2D eigenvalue weighted by Gasteiger charge is 2.28. The number of pyridine rings is 1. The number of anilines is 1. The second-order valence-corrected chi connectivity index (χ2v) is 5.59. The van der Waals surface area contributed by atoms with Gasteiger partial charge in [0.05, 0.1) is 9.95 Å². The van der Waals surface area contributed by atoms with Gasteiger partial charge in [-0.05, 0) is 32.7 Å². The van der Waals surface area contributed by atoms with E-state index in [4.69, 9.17) is 11.6 Å². The SMILES string of the molecule is CNC1CCC(N(C)c2ncc(Cl)cc2[N+](=O)[O-])CC1. The van der Waals surface area contributed by atoms with Crippen molar-refractivity contribution in [3.05, 3.63) is 27.4 Å². The molecule has 1 aliphatic rings. The summed E-state index contributed by atoms with van der Waals surface area (Å²) in [6.45, 7) is 0. The molecule has 1 N–H and O–H groups in total. The van der Waals surface area contributed by atoms with Crippen LogP contribution in [0.4, 0.5) is 11.5 Å². The zero-order valence-corrected chi connectivity index (χ0v) is 12.4. The lowest BCUT2D eigenvalue weighted by Crippen LogP contribution is -2.40. The zero-order chi connectivity index (χ0) is 14.7. The van der Waals surface area contributed by atoms with Crippen LogP contribution < -0.4 is 10.2 Å². The Labute approximate surface area is 123 Å². The van der Waals surface area contributed by atoms with E-state index in [0.29, 0.717) is 11.9 Å². The molecule has 1 heterocycles. The summed E-state index contributed by atoms with van der Waals surface area (Å²) in [7, 11) is 3.84. The van der Waals surface area contributed by atoms with Crippen LogP contribution in [0.15, 0.2) is 12.3 Å². The van der Waals surface area contributed by atoms with Crippen LogP contribution in [0.25, 0.3) is 0 Å². The molecule has 0 atom stereocenters. The summed E-state index contributed by atoms with van der Waals surface area (Å²) in [5.41, 5.74) is -0.0317. The number of hydrogen-bond donors (Lipinski definition) is 1. The fraction of sp³-hybridized carbons (Fsp3) is 0.615. The summed E-state index contributed by atoms with van der Waals surface area (Å²) in [6.07, 6.45) is 5.62. The highest BCUT2D eigenvalue weighted by molar-refractivity contribution is 6.30.